The summed E-state index contributed by atoms with van der Waals surface area (Å²) in [6.07, 6.45) is 3.50. The van der Waals surface area contributed by atoms with E-state index in [-0.39, 0.29) is 35.9 Å². The third-order valence-electron chi connectivity index (χ3n) is 5.30. The van der Waals surface area contributed by atoms with Gasteiger partial charge in [0, 0.05) is 24.9 Å². The van der Waals surface area contributed by atoms with Gasteiger partial charge in [-0.05, 0) is 38.7 Å². The highest BCUT2D eigenvalue weighted by Gasteiger charge is 2.30. The van der Waals surface area contributed by atoms with E-state index in [1.54, 1.807) is 0 Å². The summed E-state index contributed by atoms with van der Waals surface area (Å²) in [4.78, 5) is 26.7. The van der Waals surface area contributed by atoms with Crippen LogP contribution in [0.5, 0.6) is 0 Å². The Kier molecular flexibility index (Phi) is 6.22. The number of nitriles is 1. The lowest BCUT2D eigenvalue weighted by molar-refractivity contribution is -0.131. The number of amides is 2. The standard InChI is InChI=1S/C21H25N3O2S/c1-14-6-8-16(9-7-14)17-11-19(25)23-21(18(17)12-22)27-13-20(26)24-10-4-3-5-15(24)2/h6-9,15,17H,3-5,10-11,13H2,1-2H3,(H,23,25)/t15-,17+/m0/s1. The second-order valence-corrected chi connectivity index (χ2v) is 8.28. The van der Waals surface area contributed by atoms with Gasteiger partial charge in [0.05, 0.1) is 22.4 Å². The number of rotatable bonds is 4. The molecule has 5 nitrogen and oxygen atoms in total. The minimum atomic E-state index is -0.254. The minimum absolute atomic E-state index is 0.0729. The Balaban J connectivity index is 1.77. The Morgan fingerprint density at radius 3 is 2.74 bits per heavy atom. The number of nitrogens with one attached hydrogen (secondary N) is 1. The van der Waals surface area contributed by atoms with Crippen molar-refractivity contribution in [3.05, 3.63) is 46.0 Å². The van der Waals surface area contributed by atoms with E-state index >= 15 is 0 Å². The Morgan fingerprint density at radius 1 is 1.33 bits per heavy atom. The van der Waals surface area contributed by atoms with E-state index in [9.17, 15) is 14.9 Å². The van der Waals surface area contributed by atoms with Crippen LogP contribution in [0.15, 0.2) is 34.9 Å². The molecule has 1 saturated heterocycles. The van der Waals surface area contributed by atoms with Gasteiger partial charge in [-0.3, -0.25) is 9.59 Å². The molecule has 0 aromatic heterocycles. The Bertz CT molecular complexity index is 795. The van der Waals surface area contributed by atoms with Crippen LogP contribution < -0.4 is 5.32 Å². The Morgan fingerprint density at radius 2 is 2.07 bits per heavy atom. The highest BCUT2D eigenvalue weighted by molar-refractivity contribution is 8.03. The van der Waals surface area contributed by atoms with Gasteiger partial charge >= 0.3 is 0 Å². The fourth-order valence-electron chi connectivity index (χ4n) is 3.70. The molecule has 2 amide bonds. The monoisotopic (exact) mass is 383 g/mol. The maximum absolute atomic E-state index is 12.6. The molecule has 0 bridgehead atoms. The number of nitrogens with zero attached hydrogens (tertiary/aromatic N) is 2. The molecule has 2 atom stereocenters. The molecule has 3 rings (SSSR count). The zero-order valence-electron chi connectivity index (χ0n) is 15.8. The first kappa shape index (κ1) is 19.5. The number of likely N-dealkylation sites (tertiary alicyclic amines) is 1. The number of thioether (sulfide) groups is 1. The lowest BCUT2D eigenvalue weighted by Gasteiger charge is -2.33. The SMILES string of the molecule is Cc1ccc([C@H]2CC(=O)NC(SCC(=O)N3CCCC[C@@H]3C)=C2C#N)cc1. The zero-order chi connectivity index (χ0) is 19.4. The van der Waals surface area contributed by atoms with Crippen LogP contribution in [0.3, 0.4) is 0 Å². The molecule has 0 saturated carbocycles. The molecule has 1 aromatic carbocycles. The number of carbonyl (C=O) groups excluding carboxylic acids is 2. The van der Waals surface area contributed by atoms with Gasteiger partial charge in [0.2, 0.25) is 11.8 Å². The zero-order valence-corrected chi connectivity index (χ0v) is 16.6. The van der Waals surface area contributed by atoms with Crippen LogP contribution >= 0.6 is 11.8 Å². The summed E-state index contributed by atoms with van der Waals surface area (Å²) in [5.74, 6) is -0.0495. The number of aryl methyl sites for hydroxylation is 1. The van der Waals surface area contributed by atoms with Crippen molar-refractivity contribution in [2.75, 3.05) is 12.3 Å². The predicted octanol–water partition coefficient (Wildman–Crippen LogP) is 3.47. The van der Waals surface area contributed by atoms with Gasteiger partial charge in [-0.1, -0.05) is 41.6 Å². The molecule has 0 spiro atoms. The largest absolute Gasteiger partial charge is 0.339 e. The van der Waals surface area contributed by atoms with E-state index in [1.807, 2.05) is 36.1 Å². The molecule has 0 unspecified atom stereocenters. The fourth-order valence-corrected chi connectivity index (χ4v) is 4.66. The molecule has 6 heteroatoms. The number of benzene rings is 1. The van der Waals surface area contributed by atoms with E-state index in [1.165, 1.54) is 11.8 Å². The van der Waals surface area contributed by atoms with E-state index < -0.39 is 0 Å². The van der Waals surface area contributed by atoms with Crippen LogP contribution in [0.2, 0.25) is 0 Å². The summed E-state index contributed by atoms with van der Waals surface area (Å²) in [7, 11) is 0. The summed E-state index contributed by atoms with van der Waals surface area (Å²) in [5.41, 5.74) is 2.64. The highest BCUT2D eigenvalue weighted by atomic mass is 32.2. The van der Waals surface area contributed by atoms with Crippen molar-refractivity contribution in [3.63, 3.8) is 0 Å². The lowest BCUT2D eigenvalue weighted by atomic mass is 9.87. The average molecular weight is 384 g/mol. The number of carbonyl (C=O) groups is 2. The average Bonchev–Trinajstić information content (AvgIpc) is 2.66. The number of allylic oxidation sites excluding steroid dienone is 1. The fraction of sp³-hybridized carbons (Fsp3) is 0.476. The van der Waals surface area contributed by atoms with Crippen molar-refractivity contribution in [1.29, 1.82) is 5.26 Å². The molecular weight excluding hydrogens is 358 g/mol. The second kappa shape index (κ2) is 8.62. The smallest absolute Gasteiger partial charge is 0.233 e. The topological polar surface area (TPSA) is 73.2 Å². The predicted molar refractivity (Wildman–Crippen MR) is 107 cm³/mol. The van der Waals surface area contributed by atoms with Crippen LogP contribution in [0.25, 0.3) is 0 Å². The molecule has 0 aliphatic carbocycles. The molecular formula is C21H25N3O2S. The van der Waals surface area contributed by atoms with Crippen LogP contribution in [0.4, 0.5) is 0 Å². The van der Waals surface area contributed by atoms with Crippen molar-refractivity contribution in [1.82, 2.24) is 10.2 Å². The molecule has 27 heavy (non-hydrogen) atoms. The van der Waals surface area contributed by atoms with Gasteiger partial charge in [-0.25, -0.2) is 0 Å². The molecule has 2 heterocycles. The summed E-state index contributed by atoms with van der Waals surface area (Å²) >= 11 is 1.27. The quantitative estimate of drug-likeness (QED) is 0.864. The lowest BCUT2D eigenvalue weighted by Crippen LogP contribution is -2.43. The first-order valence-electron chi connectivity index (χ1n) is 9.42. The highest BCUT2D eigenvalue weighted by Crippen LogP contribution is 2.36. The van der Waals surface area contributed by atoms with Crippen LogP contribution in [-0.4, -0.2) is 35.1 Å². The second-order valence-electron chi connectivity index (χ2n) is 7.29. The van der Waals surface area contributed by atoms with Crippen molar-refractivity contribution < 1.29 is 9.59 Å². The first-order valence-corrected chi connectivity index (χ1v) is 10.4. The minimum Gasteiger partial charge on any atom is -0.339 e. The molecule has 1 N–H and O–H groups in total. The molecule has 142 valence electrons. The van der Waals surface area contributed by atoms with E-state index in [4.69, 9.17) is 0 Å². The first-order chi connectivity index (χ1) is 13.0. The van der Waals surface area contributed by atoms with Crippen LogP contribution in [-0.2, 0) is 9.59 Å². The van der Waals surface area contributed by atoms with Gasteiger partial charge in [0.15, 0.2) is 0 Å². The summed E-state index contributed by atoms with van der Waals surface area (Å²) in [6, 6.07) is 10.5. The number of hydrogen-bond donors (Lipinski definition) is 1. The maximum atomic E-state index is 12.6. The van der Waals surface area contributed by atoms with Gasteiger partial charge in [-0.2, -0.15) is 5.26 Å². The normalized spacial score (nSPS) is 23.0. The summed E-state index contributed by atoms with van der Waals surface area (Å²) in [6.45, 7) is 4.88. The van der Waals surface area contributed by atoms with E-state index in [0.717, 1.165) is 36.9 Å². The van der Waals surface area contributed by atoms with E-state index in [0.29, 0.717) is 10.6 Å². The van der Waals surface area contributed by atoms with Gasteiger partial charge in [0.25, 0.3) is 0 Å². The van der Waals surface area contributed by atoms with Gasteiger partial charge in [-0.15, -0.1) is 0 Å². The third kappa shape index (κ3) is 4.54. The van der Waals surface area contributed by atoms with Gasteiger partial charge < -0.3 is 10.2 Å². The molecule has 2 aliphatic rings. The number of hydrogen-bond acceptors (Lipinski definition) is 4. The van der Waals surface area contributed by atoms with Crippen molar-refractivity contribution in [3.8, 4) is 6.07 Å². The van der Waals surface area contributed by atoms with Crippen molar-refractivity contribution in [2.24, 2.45) is 0 Å². The third-order valence-corrected chi connectivity index (χ3v) is 6.30. The Labute approximate surface area is 164 Å². The van der Waals surface area contributed by atoms with Crippen LogP contribution in [0, 0.1) is 18.3 Å². The Hall–Kier alpha value is -2.26. The van der Waals surface area contributed by atoms with Gasteiger partial charge in [0.1, 0.15) is 0 Å². The maximum Gasteiger partial charge on any atom is 0.233 e. The number of piperidine rings is 1. The molecule has 2 aliphatic heterocycles. The molecule has 1 aromatic rings. The van der Waals surface area contributed by atoms with E-state index in [2.05, 4.69) is 18.3 Å². The molecule has 1 fully saturated rings. The van der Waals surface area contributed by atoms with Crippen LogP contribution in [0.1, 0.15) is 49.7 Å². The summed E-state index contributed by atoms with van der Waals surface area (Å²) < 4.78 is 0. The summed E-state index contributed by atoms with van der Waals surface area (Å²) in [5, 5.41) is 13.1. The van der Waals surface area contributed by atoms with Crippen molar-refractivity contribution >= 4 is 23.6 Å². The molecule has 0 radical (unpaired) electrons. The van der Waals surface area contributed by atoms with Crippen molar-refractivity contribution in [2.45, 2.75) is 51.5 Å².